The SMILES string of the molecule is [NH-]N1CC[C@@H](NC(=O)N2CC(c3ccccc3)C2)C1. The summed E-state index contributed by atoms with van der Waals surface area (Å²) in [5.74, 6) is 7.96. The van der Waals surface area contributed by atoms with Gasteiger partial charge in [0.2, 0.25) is 0 Å². The Kier molecular flexibility index (Phi) is 3.40. The molecule has 5 heteroatoms. The maximum Gasteiger partial charge on any atom is 0.317 e. The van der Waals surface area contributed by atoms with Crippen LogP contribution >= 0.6 is 0 Å². The topological polar surface area (TPSA) is 59.4 Å². The highest BCUT2D eigenvalue weighted by molar-refractivity contribution is 5.75. The van der Waals surface area contributed by atoms with Gasteiger partial charge in [0.25, 0.3) is 0 Å². The van der Waals surface area contributed by atoms with E-state index < -0.39 is 0 Å². The number of benzene rings is 1. The number of carbonyl (C=O) groups is 1. The van der Waals surface area contributed by atoms with Crippen molar-refractivity contribution in [1.29, 1.82) is 0 Å². The highest BCUT2D eigenvalue weighted by atomic mass is 16.2. The van der Waals surface area contributed by atoms with E-state index in [1.54, 1.807) is 0 Å². The molecule has 0 aliphatic carbocycles. The summed E-state index contributed by atoms with van der Waals surface area (Å²) < 4.78 is 0. The minimum Gasteiger partial charge on any atom is -0.610 e. The van der Waals surface area contributed by atoms with Crippen LogP contribution in [0.2, 0.25) is 0 Å². The second-order valence-electron chi connectivity index (χ2n) is 5.39. The van der Waals surface area contributed by atoms with Crippen LogP contribution in [0.25, 0.3) is 5.84 Å². The van der Waals surface area contributed by atoms with Crippen molar-refractivity contribution in [3.63, 3.8) is 0 Å². The van der Waals surface area contributed by atoms with Crippen molar-refractivity contribution < 1.29 is 4.79 Å². The van der Waals surface area contributed by atoms with Gasteiger partial charge in [0.1, 0.15) is 0 Å². The third kappa shape index (κ3) is 2.72. The van der Waals surface area contributed by atoms with Gasteiger partial charge in [-0.3, -0.25) is 0 Å². The fourth-order valence-electron chi connectivity index (χ4n) is 2.72. The number of likely N-dealkylation sites (tertiary alicyclic amines) is 1. The van der Waals surface area contributed by atoms with Crippen LogP contribution in [0.15, 0.2) is 30.3 Å². The molecule has 2 saturated heterocycles. The summed E-state index contributed by atoms with van der Waals surface area (Å²) in [4.78, 5) is 13.9. The van der Waals surface area contributed by atoms with Crippen LogP contribution in [-0.4, -0.2) is 48.2 Å². The molecule has 0 unspecified atom stereocenters. The lowest BCUT2D eigenvalue weighted by Gasteiger charge is -2.40. The van der Waals surface area contributed by atoms with E-state index in [0.717, 1.165) is 26.1 Å². The van der Waals surface area contributed by atoms with Crippen molar-refractivity contribution in [2.75, 3.05) is 26.2 Å². The third-order valence-electron chi connectivity index (χ3n) is 3.96. The first-order chi connectivity index (χ1) is 9.22. The van der Waals surface area contributed by atoms with E-state index in [1.165, 1.54) is 10.6 Å². The summed E-state index contributed by atoms with van der Waals surface area (Å²) in [7, 11) is 0. The minimum absolute atomic E-state index is 0.0208. The van der Waals surface area contributed by atoms with Crippen LogP contribution in [0.5, 0.6) is 0 Å². The Balaban J connectivity index is 1.47. The molecule has 102 valence electrons. The predicted molar refractivity (Wildman–Crippen MR) is 73.6 cm³/mol. The van der Waals surface area contributed by atoms with E-state index in [4.69, 9.17) is 5.84 Å². The zero-order chi connectivity index (χ0) is 13.2. The maximum atomic E-state index is 12.0. The van der Waals surface area contributed by atoms with Crippen LogP contribution in [0.4, 0.5) is 4.79 Å². The molecular weight excluding hydrogens is 240 g/mol. The molecule has 1 atom stereocenters. The molecule has 0 radical (unpaired) electrons. The summed E-state index contributed by atoms with van der Waals surface area (Å²) in [5, 5.41) is 4.52. The summed E-state index contributed by atoms with van der Waals surface area (Å²) in [6.07, 6.45) is 0.880. The second kappa shape index (κ2) is 5.19. The maximum absolute atomic E-state index is 12.0. The Morgan fingerprint density at radius 3 is 2.58 bits per heavy atom. The average Bonchev–Trinajstić information content (AvgIpc) is 2.74. The number of nitrogens with one attached hydrogen (secondary N) is 2. The number of hydrogen-bond donors (Lipinski definition) is 1. The molecule has 1 aromatic carbocycles. The third-order valence-corrected chi connectivity index (χ3v) is 3.96. The molecule has 5 nitrogen and oxygen atoms in total. The van der Waals surface area contributed by atoms with Gasteiger partial charge >= 0.3 is 6.03 Å². The normalized spacial score (nSPS) is 24.3. The molecule has 2 aliphatic heterocycles. The van der Waals surface area contributed by atoms with Gasteiger partial charge in [-0.05, 0) is 18.5 Å². The summed E-state index contributed by atoms with van der Waals surface area (Å²) in [6, 6.07) is 10.5. The second-order valence-corrected chi connectivity index (χ2v) is 5.39. The molecule has 2 amide bonds. The Hall–Kier alpha value is -1.59. The monoisotopic (exact) mass is 259 g/mol. The lowest BCUT2D eigenvalue weighted by molar-refractivity contribution is 0.148. The Bertz CT molecular complexity index is 444. The summed E-state index contributed by atoms with van der Waals surface area (Å²) in [6.45, 7) is 2.99. The van der Waals surface area contributed by atoms with Gasteiger partial charge in [0.05, 0.1) is 0 Å². The fourth-order valence-corrected chi connectivity index (χ4v) is 2.72. The molecule has 2 heterocycles. The predicted octanol–water partition coefficient (Wildman–Crippen LogP) is 1.84. The molecule has 0 bridgehead atoms. The first-order valence-electron chi connectivity index (χ1n) is 6.79. The van der Waals surface area contributed by atoms with Crippen molar-refractivity contribution in [1.82, 2.24) is 15.2 Å². The highest BCUT2D eigenvalue weighted by Gasteiger charge is 2.32. The van der Waals surface area contributed by atoms with E-state index in [1.807, 2.05) is 23.1 Å². The first kappa shape index (κ1) is 12.4. The standard InChI is InChI=1S/C14H19N4O/c15-18-7-6-13(10-18)16-14(19)17-8-12(9-17)11-4-2-1-3-5-11/h1-5,12-13,15H,6-10H2,(H,16,19)/q-1/t13-/m1/s1. The number of rotatable bonds is 2. The van der Waals surface area contributed by atoms with Gasteiger partial charge in [-0.1, -0.05) is 30.3 Å². The highest BCUT2D eigenvalue weighted by Crippen LogP contribution is 2.26. The van der Waals surface area contributed by atoms with Gasteiger partial charge in [-0.15, -0.1) is 0 Å². The smallest absolute Gasteiger partial charge is 0.317 e. The molecule has 1 aromatic rings. The van der Waals surface area contributed by atoms with Crippen LogP contribution in [-0.2, 0) is 0 Å². The van der Waals surface area contributed by atoms with E-state index in [9.17, 15) is 4.79 Å². The zero-order valence-electron chi connectivity index (χ0n) is 10.9. The summed E-state index contributed by atoms with van der Waals surface area (Å²) in [5.41, 5.74) is 1.31. The van der Waals surface area contributed by atoms with Crippen molar-refractivity contribution >= 4 is 6.03 Å². The average molecular weight is 259 g/mol. The Morgan fingerprint density at radius 2 is 1.95 bits per heavy atom. The van der Waals surface area contributed by atoms with Crippen molar-refractivity contribution in [2.45, 2.75) is 18.4 Å². The van der Waals surface area contributed by atoms with Crippen molar-refractivity contribution in [3.8, 4) is 0 Å². The largest absolute Gasteiger partial charge is 0.610 e. The molecule has 0 aromatic heterocycles. The number of nitrogens with zero attached hydrogens (tertiary/aromatic N) is 2. The van der Waals surface area contributed by atoms with Gasteiger partial charge in [0, 0.05) is 31.6 Å². The molecule has 2 aliphatic rings. The van der Waals surface area contributed by atoms with Crippen molar-refractivity contribution in [3.05, 3.63) is 41.7 Å². The zero-order valence-corrected chi connectivity index (χ0v) is 10.9. The molecular formula is C14H19N4O-. The lowest BCUT2D eigenvalue weighted by Crippen LogP contribution is -2.54. The molecule has 2 N–H and O–H groups in total. The fraction of sp³-hybridized carbons (Fsp3) is 0.500. The number of hydrogen-bond acceptors (Lipinski definition) is 2. The van der Waals surface area contributed by atoms with Crippen molar-refractivity contribution in [2.24, 2.45) is 0 Å². The first-order valence-corrected chi connectivity index (χ1v) is 6.79. The van der Waals surface area contributed by atoms with Gasteiger partial charge in [-0.25, -0.2) is 4.79 Å². The summed E-state index contributed by atoms with van der Waals surface area (Å²) >= 11 is 0. The number of carbonyl (C=O) groups excluding carboxylic acids is 1. The van der Waals surface area contributed by atoms with Crippen LogP contribution in [0.1, 0.15) is 17.9 Å². The Labute approximate surface area is 113 Å². The minimum atomic E-state index is 0.0208. The number of amides is 2. The van der Waals surface area contributed by atoms with Gasteiger partial charge in [-0.2, -0.15) is 0 Å². The quantitative estimate of drug-likeness (QED) is 0.881. The van der Waals surface area contributed by atoms with E-state index in [-0.39, 0.29) is 12.1 Å². The molecule has 3 rings (SSSR count). The van der Waals surface area contributed by atoms with Crippen LogP contribution in [0.3, 0.4) is 0 Å². The van der Waals surface area contributed by atoms with Crippen LogP contribution < -0.4 is 5.32 Å². The molecule has 0 saturated carbocycles. The van der Waals surface area contributed by atoms with E-state index in [0.29, 0.717) is 12.5 Å². The lowest BCUT2D eigenvalue weighted by atomic mass is 9.92. The Morgan fingerprint density at radius 1 is 1.21 bits per heavy atom. The molecule has 2 fully saturated rings. The van der Waals surface area contributed by atoms with Gasteiger partial charge < -0.3 is 21.1 Å². The number of urea groups is 1. The molecule has 0 spiro atoms. The van der Waals surface area contributed by atoms with E-state index >= 15 is 0 Å². The molecule has 19 heavy (non-hydrogen) atoms. The van der Waals surface area contributed by atoms with Crippen LogP contribution in [0, 0.1) is 0 Å². The van der Waals surface area contributed by atoms with E-state index in [2.05, 4.69) is 17.4 Å². The van der Waals surface area contributed by atoms with Gasteiger partial charge in [0.15, 0.2) is 0 Å².